The third-order valence-corrected chi connectivity index (χ3v) is 4.64. The number of carbonyl (C=O) groups is 1. The van der Waals surface area contributed by atoms with Crippen molar-refractivity contribution in [2.24, 2.45) is 7.05 Å². The molecule has 5 nitrogen and oxygen atoms in total. The molecule has 1 aromatic heterocycles. The number of ether oxygens (including phenoxy) is 1. The van der Waals surface area contributed by atoms with Gasteiger partial charge in [0, 0.05) is 24.1 Å². The number of ketones is 1. The van der Waals surface area contributed by atoms with E-state index in [1.165, 1.54) is 16.3 Å². The molecule has 0 aliphatic rings. The van der Waals surface area contributed by atoms with Gasteiger partial charge < -0.3 is 4.74 Å². The molecule has 0 aliphatic carbocycles. The summed E-state index contributed by atoms with van der Waals surface area (Å²) in [6.07, 6.45) is 0. The monoisotopic (exact) mass is 346 g/mol. The minimum absolute atomic E-state index is 0.0157. The highest BCUT2D eigenvalue weighted by Crippen LogP contribution is 2.22. The summed E-state index contributed by atoms with van der Waals surface area (Å²) in [5.74, 6) is 0.916. The Kier molecular flexibility index (Phi) is 5.49. The van der Waals surface area contributed by atoms with Gasteiger partial charge in [-0.2, -0.15) is 0 Å². The van der Waals surface area contributed by atoms with E-state index >= 15 is 0 Å². The van der Waals surface area contributed by atoms with Crippen molar-refractivity contribution in [2.45, 2.75) is 31.3 Å². The van der Waals surface area contributed by atoms with Crippen molar-refractivity contribution in [1.29, 1.82) is 0 Å². The lowest BCUT2D eigenvalue weighted by molar-refractivity contribution is 0.102. The Bertz CT molecular complexity index is 789. The summed E-state index contributed by atoms with van der Waals surface area (Å²) in [7, 11) is 3.25. The summed E-state index contributed by atoms with van der Waals surface area (Å²) in [5.41, 5.74) is 1.00. The second kappa shape index (κ2) is 7.21. The molecule has 0 fully saturated rings. The molecular formula is C18H22N2O3S. The van der Waals surface area contributed by atoms with Gasteiger partial charge in [0.05, 0.1) is 18.6 Å². The number of hydrogen-bond acceptors (Lipinski definition) is 5. The molecule has 1 aromatic carbocycles. The Morgan fingerprint density at radius 2 is 1.88 bits per heavy atom. The second-order valence-corrected chi connectivity index (χ2v) is 7.45. The molecule has 0 atom stereocenters. The predicted molar refractivity (Wildman–Crippen MR) is 96.2 cm³/mol. The van der Waals surface area contributed by atoms with E-state index in [0.717, 1.165) is 5.69 Å². The minimum Gasteiger partial charge on any atom is -0.497 e. The Morgan fingerprint density at radius 1 is 1.25 bits per heavy atom. The Hall–Kier alpha value is -2.08. The molecule has 2 aromatic rings. The van der Waals surface area contributed by atoms with Crippen LogP contribution in [0.4, 0.5) is 0 Å². The summed E-state index contributed by atoms with van der Waals surface area (Å²) in [6.45, 7) is 6.02. The van der Waals surface area contributed by atoms with Crippen LogP contribution in [0.5, 0.6) is 5.75 Å². The normalized spacial score (nSPS) is 11.4. The molecule has 0 saturated carbocycles. The molecule has 0 saturated heterocycles. The van der Waals surface area contributed by atoms with Crippen LogP contribution in [0, 0.1) is 0 Å². The maximum absolute atomic E-state index is 12.3. The number of thioether (sulfide) groups is 1. The van der Waals surface area contributed by atoms with E-state index in [1.54, 1.807) is 44.5 Å². The lowest BCUT2D eigenvalue weighted by atomic mass is 9.92. The van der Waals surface area contributed by atoms with E-state index in [-0.39, 0.29) is 22.5 Å². The van der Waals surface area contributed by atoms with E-state index < -0.39 is 0 Å². The van der Waals surface area contributed by atoms with E-state index in [4.69, 9.17) is 4.74 Å². The number of hydrogen-bond donors (Lipinski definition) is 0. The van der Waals surface area contributed by atoms with Crippen LogP contribution < -0.4 is 10.3 Å². The summed E-state index contributed by atoms with van der Waals surface area (Å²) in [5, 5.41) is 0.550. The Labute approximate surface area is 146 Å². The van der Waals surface area contributed by atoms with E-state index in [2.05, 4.69) is 4.98 Å². The number of methoxy groups -OCH3 is 1. The first-order valence-corrected chi connectivity index (χ1v) is 8.59. The Balaban J connectivity index is 2.17. The predicted octanol–water partition coefficient (Wildman–Crippen LogP) is 3.06. The van der Waals surface area contributed by atoms with Crippen LogP contribution in [0.1, 0.15) is 36.8 Å². The molecule has 0 unspecified atom stereocenters. The van der Waals surface area contributed by atoms with Gasteiger partial charge in [-0.05, 0) is 24.3 Å². The van der Waals surface area contributed by atoms with Gasteiger partial charge >= 0.3 is 0 Å². The topological polar surface area (TPSA) is 61.2 Å². The van der Waals surface area contributed by atoms with Gasteiger partial charge in [0.25, 0.3) is 5.56 Å². The van der Waals surface area contributed by atoms with Crippen LogP contribution in [0.3, 0.4) is 0 Å². The molecule has 0 radical (unpaired) electrons. The standard InChI is InChI=1S/C18H22N2O3S/c1-18(2,3)15-10-16(22)20(4)17(19-15)24-11-14(21)12-6-8-13(23-5)9-7-12/h6-10H,11H2,1-5H3. The zero-order valence-electron chi connectivity index (χ0n) is 14.6. The smallest absolute Gasteiger partial charge is 0.254 e. The van der Waals surface area contributed by atoms with Gasteiger partial charge in [-0.3, -0.25) is 14.2 Å². The number of Topliss-reactive ketones (excluding diaryl/α,β-unsaturated/α-hetero) is 1. The highest BCUT2D eigenvalue weighted by atomic mass is 32.2. The average Bonchev–Trinajstić information content (AvgIpc) is 2.54. The average molecular weight is 346 g/mol. The highest BCUT2D eigenvalue weighted by Gasteiger charge is 2.19. The summed E-state index contributed by atoms with van der Waals surface area (Å²) in [6, 6.07) is 8.53. The third kappa shape index (κ3) is 4.26. The fourth-order valence-corrected chi connectivity index (χ4v) is 2.90. The summed E-state index contributed by atoms with van der Waals surface area (Å²) in [4.78, 5) is 29.0. The Morgan fingerprint density at radius 3 is 2.42 bits per heavy atom. The van der Waals surface area contributed by atoms with Gasteiger partial charge in [0.15, 0.2) is 10.9 Å². The molecule has 0 amide bonds. The lowest BCUT2D eigenvalue weighted by Gasteiger charge is -2.19. The first-order valence-electron chi connectivity index (χ1n) is 7.61. The van der Waals surface area contributed by atoms with Crippen LogP contribution in [0.2, 0.25) is 0 Å². The van der Waals surface area contributed by atoms with Crippen LogP contribution in [0.25, 0.3) is 0 Å². The van der Waals surface area contributed by atoms with Crippen LogP contribution in [-0.4, -0.2) is 28.2 Å². The lowest BCUT2D eigenvalue weighted by Crippen LogP contribution is -2.25. The molecule has 0 spiro atoms. The number of nitrogens with zero attached hydrogens (tertiary/aromatic N) is 2. The molecule has 24 heavy (non-hydrogen) atoms. The van der Waals surface area contributed by atoms with E-state index in [9.17, 15) is 9.59 Å². The van der Waals surface area contributed by atoms with Gasteiger partial charge in [-0.1, -0.05) is 32.5 Å². The van der Waals surface area contributed by atoms with Crippen LogP contribution >= 0.6 is 11.8 Å². The molecule has 2 rings (SSSR count). The molecule has 1 heterocycles. The van der Waals surface area contributed by atoms with Gasteiger partial charge in [-0.25, -0.2) is 4.98 Å². The van der Waals surface area contributed by atoms with Gasteiger partial charge in [-0.15, -0.1) is 0 Å². The number of aromatic nitrogens is 2. The van der Waals surface area contributed by atoms with Crippen molar-refractivity contribution in [2.75, 3.05) is 12.9 Å². The summed E-state index contributed by atoms with van der Waals surface area (Å²) >= 11 is 1.28. The number of benzene rings is 1. The molecule has 128 valence electrons. The summed E-state index contributed by atoms with van der Waals surface area (Å²) < 4.78 is 6.56. The van der Waals surface area contributed by atoms with Crippen molar-refractivity contribution >= 4 is 17.5 Å². The first kappa shape index (κ1) is 18.3. The zero-order valence-corrected chi connectivity index (χ0v) is 15.4. The first-order chi connectivity index (χ1) is 11.2. The highest BCUT2D eigenvalue weighted by molar-refractivity contribution is 7.99. The molecular weight excluding hydrogens is 324 g/mol. The fourth-order valence-electron chi connectivity index (χ4n) is 2.02. The number of rotatable bonds is 5. The molecule has 6 heteroatoms. The molecule has 0 aliphatic heterocycles. The second-order valence-electron chi connectivity index (χ2n) is 6.51. The van der Waals surface area contributed by atoms with Crippen molar-refractivity contribution < 1.29 is 9.53 Å². The van der Waals surface area contributed by atoms with Crippen LogP contribution in [0.15, 0.2) is 40.3 Å². The minimum atomic E-state index is -0.220. The van der Waals surface area contributed by atoms with Crippen molar-refractivity contribution in [3.63, 3.8) is 0 Å². The zero-order chi connectivity index (χ0) is 17.9. The SMILES string of the molecule is COc1ccc(C(=O)CSc2nc(C(C)(C)C)cc(=O)n2C)cc1. The van der Waals surface area contributed by atoms with Gasteiger partial charge in [0.1, 0.15) is 5.75 Å². The quantitative estimate of drug-likeness (QED) is 0.473. The maximum Gasteiger partial charge on any atom is 0.254 e. The maximum atomic E-state index is 12.3. The molecule has 0 bridgehead atoms. The van der Waals surface area contributed by atoms with Gasteiger partial charge in [0.2, 0.25) is 0 Å². The molecule has 0 N–H and O–H groups in total. The van der Waals surface area contributed by atoms with Crippen molar-refractivity contribution in [3.05, 3.63) is 51.9 Å². The largest absolute Gasteiger partial charge is 0.497 e. The van der Waals surface area contributed by atoms with Crippen LogP contribution in [-0.2, 0) is 12.5 Å². The van der Waals surface area contributed by atoms with E-state index in [1.807, 2.05) is 20.8 Å². The third-order valence-electron chi connectivity index (χ3n) is 3.61. The number of carbonyl (C=O) groups excluding carboxylic acids is 1. The fraction of sp³-hybridized carbons (Fsp3) is 0.389. The van der Waals surface area contributed by atoms with Crippen molar-refractivity contribution in [1.82, 2.24) is 9.55 Å². The van der Waals surface area contributed by atoms with Crippen molar-refractivity contribution in [3.8, 4) is 5.75 Å². The van der Waals surface area contributed by atoms with E-state index in [0.29, 0.717) is 16.5 Å².